The molecule has 0 fully saturated rings. The van der Waals surface area contributed by atoms with E-state index in [0.29, 0.717) is 0 Å². The van der Waals surface area contributed by atoms with Gasteiger partial charge in [0.25, 0.3) is 0 Å². The molecule has 0 spiro atoms. The van der Waals surface area contributed by atoms with Crippen LogP contribution in [0.25, 0.3) is 0 Å². The SMILES string of the molecule is C=C(C)P(CCCCCCP(c1ccccc1)c1ccccc1)c1ccccc1. The minimum Gasteiger partial charge on any atom is -0.0953 e. The molecule has 29 heavy (non-hydrogen) atoms. The van der Waals surface area contributed by atoms with E-state index in [1.165, 1.54) is 59.2 Å². The third-order valence-electron chi connectivity index (χ3n) is 5.18. The van der Waals surface area contributed by atoms with Gasteiger partial charge >= 0.3 is 0 Å². The Kier molecular flexibility index (Phi) is 9.14. The molecule has 0 N–H and O–H groups in total. The average molecular weight is 419 g/mol. The number of rotatable bonds is 11. The van der Waals surface area contributed by atoms with Crippen LogP contribution in [0.5, 0.6) is 0 Å². The molecule has 3 rings (SSSR count). The third kappa shape index (κ3) is 6.92. The quantitative estimate of drug-likeness (QED) is 0.232. The van der Waals surface area contributed by atoms with Gasteiger partial charge in [0.05, 0.1) is 0 Å². The van der Waals surface area contributed by atoms with Gasteiger partial charge in [0, 0.05) is 0 Å². The van der Waals surface area contributed by atoms with E-state index >= 15 is 0 Å². The van der Waals surface area contributed by atoms with Crippen LogP contribution in [0.2, 0.25) is 0 Å². The Labute approximate surface area is 179 Å². The van der Waals surface area contributed by atoms with Crippen molar-refractivity contribution in [1.29, 1.82) is 0 Å². The van der Waals surface area contributed by atoms with Crippen LogP contribution in [-0.2, 0) is 0 Å². The summed E-state index contributed by atoms with van der Waals surface area (Å²) >= 11 is 0. The molecule has 3 aromatic rings. The molecule has 0 saturated carbocycles. The molecule has 1 unspecified atom stereocenters. The van der Waals surface area contributed by atoms with Crippen LogP contribution in [-0.4, -0.2) is 12.3 Å². The van der Waals surface area contributed by atoms with Crippen LogP contribution >= 0.6 is 15.8 Å². The van der Waals surface area contributed by atoms with E-state index < -0.39 is 0 Å². The molecule has 2 heteroatoms. The fourth-order valence-electron chi connectivity index (χ4n) is 3.66. The molecule has 0 nitrogen and oxygen atoms in total. The van der Waals surface area contributed by atoms with Gasteiger partial charge in [0.2, 0.25) is 0 Å². The standard InChI is InChI=1S/C27H32P2/c1-24(2)28(25-16-8-5-9-17-25)22-14-3-4-15-23-29(26-18-10-6-11-19-26)27-20-12-7-13-21-27/h5-13,16-21H,1,3-4,14-15,22-23H2,2H3. The van der Waals surface area contributed by atoms with Crippen LogP contribution in [0.1, 0.15) is 32.6 Å². The molecule has 1 atom stereocenters. The summed E-state index contributed by atoms with van der Waals surface area (Å²) in [5, 5.41) is 5.83. The van der Waals surface area contributed by atoms with E-state index in [9.17, 15) is 0 Å². The summed E-state index contributed by atoms with van der Waals surface area (Å²) in [7, 11) is -0.451. The first-order chi connectivity index (χ1) is 14.3. The monoisotopic (exact) mass is 418 g/mol. The smallest absolute Gasteiger partial charge is 0.0195 e. The van der Waals surface area contributed by atoms with Crippen LogP contribution in [0.3, 0.4) is 0 Å². The Morgan fingerprint density at radius 1 is 0.586 bits per heavy atom. The van der Waals surface area contributed by atoms with Gasteiger partial charge in [-0.25, -0.2) is 0 Å². The minimum absolute atomic E-state index is 0.211. The second-order valence-electron chi connectivity index (χ2n) is 7.46. The van der Waals surface area contributed by atoms with Crippen LogP contribution in [0.15, 0.2) is 103 Å². The van der Waals surface area contributed by atoms with E-state index in [1.54, 1.807) is 0 Å². The zero-order chi connectivity index (χ0) is 20.3. The highest BCUT2D eigenvalue weighted by molar-refractivity contribution is 7.73. The minimum atomic E-state index is -0.241. The van der Waals surface area contributed by atoms with Crippen molar-refractivity contribution >= 4 is 31.8 Å². The van der Waals surface area contributed by atoms with Gasteiger partial charge < -0.3 is 0 Å². The molecule has 0 heterocycles. The Hall–Kier alpha value is -1.74. The van der Waals surface area contributed by atoms with Gasteiger partial charge in [-0.15, -0.1) is 0 Å². The van der Waals surface area contributed by atoms with Gasteiger partial charge in [-0.1, -0.05) is 116 Å². The van der Waals surface area contributed by atoms with Crippen molar-refractivity contribution in [3.05, 3.63) is 103 Å². The fourth-order valence-corrected chi connectivity index (χ4v) is 8.24. The number of hydrogen-bond donors (Lipinski definition) is 0. The molecule has 0 aliphatic heterocycles. The third-order valence-corrected chi connectivity index (χ3v) is 10.4. The maximum atomic E-state index is 4.27. The predicted molar refractivity (Wildman–Crippen MR) is 135 cm³/mol. The zero-order valence-corrected chi connectivity index (χ0v) is 19.3. The van der Waals surface area contributed by atoms with Gasteiger partial charge in [0.1, 0.15) is 0 Å². The first-order valence-electron chi connectivity index (χ1n) is 10.6. The molecule has 0 aromatic heterocycles. The van der Waals surface area contributed by atoms with Gasteiger partial charge in [-0.3, -0.25) is 0 Å². The lowest BCUT2D eigenvalue weighted by atomic mass is 10.2. The Morgan fingerprint density at radius 2 is 1.00 bits per heavy atom. The van der Waals surface area contributed by atoms with Gasteiger partial charge in [-0.2, -0.15) is 0 Å². The predicted octanol–water partition coefficient (Wildman–Crippen LogP) is 7.02. The van der Waals surface area contributed by atoms with E-state index in [1.807, 2.05) is 0 Å². The summed E-state index contributed by atoms with van der Waals surface area (Å²) in [6, 6.07) is 33.1. The second-order valence-corrected chi connectivity index (χ2v) is 12.4. The molecule has 0 aliphatic carbocycles. The van der Waals surface area contributed by atoms with Crippen LogP contribution < -0.4 is 15.9 Å². The summed E-state index contributed by atoms with van der Waals surface area (Å²) in [4.78, 5) is 0. The molecule has 0 saturated heterocycles. The Bertz CT molecular complexity index is 804. The van der Waals surface area contributed by atoms with E-state index in [0.717, 1.165) is 0 Å². The summed E-state index contributed by atoms with van der Waals surface area (Å²) in [6.07, 6.45) is 7.84. The highest BCUT2D eigenvalue weighted by Gasteiger charge is 2.13. The number of hydrogen-bond acceptors (Lipinski definition) is 0. The van der Waals surface area contributed by atoms with Crippen LogP contribution in [0.4, 0.5) is 0 Å². The lowest BCUT2D eigenvalue weighted by Gasteiger charge is -2.19. The summed E-state index contributed by atoms with van der Waals surface area (Å²) in [5.41, 5.74) is 0. The molecule has 0 amide bonds. The van der Waals surface area contributed by atoms with Gasteiger partial charge in [0.15, 0.2) is 0 Å². The largest absolute Gasteiger partial charge is 0.0953 e. The lowest BCUT2D eigenvalue weighted by molar-refractivity contribution is 0.709. The summed E-state index contributed by atoms with van der Waals surface area (Å²) in [6.45, 7) is 6.47. The maximum Gasteiger partial charge on any atom is -0.0195 e. The molecule has 0 radical (unpaired) electrons. The van der Waals surface area contributed by atoms with Crippen molar-refractivity contribution < 1.29 is 0 Å². The van der Waals surface area contributed by atoms with Crippen molar-refractivity contribution in [1.82, 2.24) is 0 Å². The van der Waals surface area contributed by atoms with Crippen molar-refractivity contribution in [3.63, 3.8) is 0 Å². The van der Waals surface area contributed by atoms with Gasteiger partial charge in [-0.05, 0) is 63.8 Å². The van der Waals surface area contributed by atoms with Crippen LogP contribution in [0, 0.1) is 0 Å². The molecule has 0 bridgehead atoms. The molecular formula is C27H32P2. The fraction of sp³-hybridized carbons (Fsp3) is 0.259. The lowest BCUT2D eigenvalue weighted by Crippen LogP contribution is -2.13. The molecule has 3 aromatic carbocycles. The number of allylic oxidation sites excluding steroid dienone is 1. The van der Waals surface area contributed by atoms with Crippen molar-refractivity contribution in [2.24, 2.45) is 0 Å². The van der Waals surface area contributed by atoms with E-state index in [4.69, 9.17) is 0 Å². The summed E-state index contributed by atoms with van der Waals surface area (Å²) < 4.78 is 0. The molecule has 0 aliphatic rings. The Balaban J connectivity index is 1.48. The highest BCUT2D eigenvalue weighted by atomic mass is 31.1. The average Bonchev–Trinajstić information content (AvgIpc) is 2.77. The maximum absolute atomic E-state index is 4.27. The normalized spacial score (nSPS) is 12.1. The van der Waals surface area contributed by atoms with E-state index in [-0.39, 0.29) is 15.8 Å². The zero-order valence-electron chi connectivity index (χ0n) is 17.5. The van der Waals surface area contributed by atoms with E-state index in [2.05, 4.69) is 104 Å². The highest BCUT2D eigenvalue weighted by Crippen LogP contribution is 2.43. The van der Waals surface area contributed by atoms with Crippen molar-refractivity contribution in [3.8, 4) is 0 Å². The second kappa shape index (κ2) is 12.1. The van der Waals surface area contributed by atoms with Crippen molar-refractivity contribution in [2.75, 3.05) is 12.3 Å². The first kappa shape index (κ1) is 22.0. The number of unbranched alkanes of at least 4 members (excludes halogenated alkanes) is 3. The topological polar surface area (TPSA) is 0 Å². The van der Waals surface area contributed by atoms with Crippen molar-refractivity contribution in [2.45, 2.75) is 32.6 Å². The Morgan fingerprint density at radius 3 is 1.45 bits per heavy atom. The number of benzene rings is 3. The first-order valence-corrected chi connectivity index (χ1v) is 13.7. The molecule has 150 valence electrons. The summed E-state index contributed by atoms with van der Waals surface area (Å²) in [5.74, 6) is 0. The molecular weight excluding hydrogens is 386 g/mol.